The van der Waals surface area contributed by atoms with Gasteiger partial charge < -0.3 is 10.1 Å². The van der Waals surface area contributed by atoms with E-state index in [2.05, 4.69) is 15.0 Å². The third-order valence-corrected chi connectivity index (χ3v) is 6.07. The van der Waals surface area contributed by atoms with Crippen LogP contribution in [-0.4, -0.2) is 33.9 Å². The van der Waals surface area contributed by atoms with Gasteiger partial charge in [0.1, 0.15) is 5.75 Å². The summed E-state index contributed by atoms with van der Waals surface area (Å²) in [4.78, 5) is 28.7. The molecule has 28 heavy (non-hydrogen) atoms. The molecular weight excluding hydrogens is 420 g/mol. The summed E-state index contributed by atoms with van der Waals surface area (Å²) in [7, 11) is -0.458. The van der Waals surface area contributed by atoms with Crippen molar-refractivity contribution in [2.45, 2.75) is 4.90 Å². The average molecular weight is 435 g/mol. The maximum Gasteiger partial charge on any atom is 0.339 e. The van der Waals surface area contributed by atoms with Gasteiger partial charge >= 0.3 is 5.97 Å². The van der Waals surface area contributed by atoms with E-state index in [-0.39, 0.29) is 16.2 Å². The third kappa shape index (κ3) is 4.83. The molecule has 9 heteroatoms. The highest BCUT2D eigenvalue weighted by molar-refractivity contribution is 7.85. The van der Waals surface area contributed by atoms with Crippen molar-refractivity contribution >= 4 is 50.7 Å². The van der Waals surface area contributed by atoms with Gasteiger partial charge in [-0.1, -0.05) is 35.9 Å². The topological polar surface area (TPSA) is 85.4 Å². The SMILES string of the molecule is COC(=O)c1ccccc1S(=O)CC(=O)Nc1nc(-c2ccc(Cl)cc2)cs1. The summed E-state index contributed by atoms with van der Waals surface area (Å²) >= 11 is 7.14. The van der Waals surface area contributed by atoms with Gasteiger partial charge in [0.25, 0.3) is 0 Å². The van der Waals surface area contributed by atoms with Crippen LogP contribution in [-0.2, 0) is 20.3 Å². The minimum Gasteiger partial charge on any atom is -0.465 e. The number of aromatic nitrogens is 1. The number of amides is 1. The summed E-state index contributed by atoms with van der Waals surface area (Å²) in [5.74, 6) is -1.36. The van der Waals surface area contributed by atoms with E-state index in [1.54, 1.807) is 24.3 Å². The van der Waals surface area contributed by atoms with Crippen molar-refractivity contribution in [1.29, 1.82) is 0 Å². The molecule has 0 radical (unpaired) electrons. The number of nitrogens with zero attached hydrogens (tertiary/aromatic N) is 1. The second-order valence-corrected chi connectivity index (χ2v) is 8.28. The molecule has 1 aromatic heterocycles. The van der Waals surface area contributed by atoms with Crippen LogP contribution in [0.25, 0.3) is 11.3 Å². The number of methoxy groups -OCH3 is 1. The smallest absolute Gasteiger partial charge is 0.339 e. The molecule has 1 heterocycles. The first kappa shape index (κ1) is 20.2. The Morgan fingerprint density at radius 3 is 2.61 bits per heavy atom. The predicted molar refractivity (Wildman–Crippen MR) is 110 cm³/mol. The zero-order chi connectivity index (χ0) is 20.1. The van der Waals surface area contributed by atoms with Gasteiger partial charge in [-0.25, -0.2) is 9.78 Å². The van der Waals surface area contributed by atoms with Gasteiger partial charge in [-0.2, -0.15) is 0 Å². The number of benzene rings is 2. The summed E-state index contributed by atoms with van der Waals surface area (Å²) in [6.45, 7) is 0. The van der Waals surface area contributed by atoms with Crippen molar-refractivity contribution in [3.05, 3.63) is 64.5 Å². The zero-order valence-corrected chi connectivity index (χ0v) is 17.1. The van der Waals surface area contributed by atoms with Gasteiger partial charge in [-0.3, -0.25) is 9.00 Å². The number of esters is 1. The molecule has 0 saturated carbocycles. The number of ether oxygens (including phenoxy) is 1. The molecule has 0 aliphatic rings. The van der Waals surface area contributed by atoms with Crippen LogP contribution in [0.4, 0.5) is 5.13 Å². The normalized spacial score (nSPS) is 11.6. The van der Waals surface area contributed by atoms with E-state index < -0.39 is 22.7 Å². The highest BCUT2D eigenvalue weighted by Crippen LogP contribution is 2.26. The van der Waals surface area contributed by atoms with Crippen LogP contribution in [0.2, 0.25) is 5.02 Å². The molecule has 1 N–H and O–H groups in total. The van der Waals surface area contributed by atoms with E-state index in [0.717, 1.165) is 5.56 Å². The zero-order valence-electron chi connectivity index (χ0n) is 14.7. The van der Waals surface area contributed by atoms with E-state index in [0.29, 0.717) is 15.8 Å². The van der Waals surface area contributed by atoms with Crippen molar-refractivity contribution in [1.82, 2.24) is 4.98 Å². The Hall–Kier alpha value is -2.55. The summed E-state index contributed by atoms with van der Waals surface area (Å²) < 4.78 is 17.2. The maximum atomic E-state index is 12.6. The van der Waals surface area contributed by atoms with Crippen LogP contribution >= 0.6 is 22.9 Å². The lowest BCUT2D eigenvalue weighted by atomic mass is 10.2. The second-order valence-electron chi connectivity index (χ2n) is 5.57. The number of nitrogens with one attached hydrogen (secondary N) is 1. The quantitative estimate of drug-likeness (QED) is 0.593. The first-order valence-corrected chi connectivity index (χ1v) is 10.6. The lowest BCUT2D eigenvalue weighted by molar-refractivity contribution is -0.113. The molecule has 0 spiro atoms. The summed E-state index contributed by atoms with van der Waals surface area (Å²) in [5, 5.41) is 5.47. The van der Waals surface area contributed by atoms with Crippen LogP contribution in [0.5, 0.6) is 0 Å². The molecule has 144 valence electrons. The number of rotatable bonds is 6. The lowest BCUT2D eigenvalue weighted by Crippen LogP contribution is -2.20. The maximum absolute atomic E-state index is 12.6. The van der Waals surface area contributed by atoms with E-state index in [4.69, 9.17) is 11.6 Å². The summed E-state index contributed by atoms with van der Waals surface area (Å²) in [6, 6.07) is 13.5. The molecule has 6 nitrogen and oxygen atoms in total. The van der Waals surface area contributed by atoms with Gasteiger partial charge in [0, 0.05) is 16.0 Å². The fraction of sp³-hybridized carbons (Fsp3) is 0.105. The van der Waals surface area contributed by atoms with Crippen LogP contribution in [0.1, 0.15) is 10.4 Å². The second kappa shape index (κ2) is 9.09. The number of hydrogen-bond acceptors (Lipinski definition) is 6. The van der Waals surface area contributed by atoms with Crippen molar-refractivity contribution in [3.63, 3.8) is 0 Å². The minimum absolute atomic E-state index is 0.176. The van der Waals surface area contributed by atoms with Crippen molar-refractivity contribution in [2.75, 3.05) is 18.2 Å². The molecule has 0 aliphatic heterocycles. The molecule has 0 aliphatic carbocycles. The Labute approximate surface area is 173 Å². The molecule has 0 saturated heterocycles. The van der Waals surface area contributed by atoms with Gasteiger partial charge in [0.05, 0.1) is 34.1 Å². The molecule has 0 fully saturated rings. The molecule has 1 amide bonds. The minimum atomic E-state index is -1.70. The van der Waals surface area contributed by atoms with Gasteiger partial charge in [-0.15, -0.1) is 11.3 Å². The van der Waals surface area contributed by atoms with Gasteiger partial charge in [-0.05, 0) is 24.3 Å². The number of halogens is 1. The molecule has 1 unspecified atom stereocenters. The Kier molecular flexibility index (Phi) is 6.56. The molecule has 2 aromatic carbocycles. The molecule has 3 rings (SSSR count). The van der Waals surface area contributed by atoms with Gasteiger partial charge in [0.2, 0.25) is 5.91 Å². The standard InChI is InChI=1S/C19H15ClN2O4S2/c1-26-18(24)14-4-2-3-5-16(14)28(25)11-17(23)22-19-21-15(10-27-19)12-6-8-13(20)9-7-12/h2-10H,11H2,1H3,(H,21,22,23). The first-order valence-electron chi connectivity index (χ1n) is 8.05. The van der Waals surface area contributed by atoms with Crippen LogP contribution in [0, 0.1) is 0 Å². The first-order chi connectivity index (χ1) is 13.5. The molecule has 0 bridgehead atoms. The average Bonchev–Trinajstić information content (AvgIpc) is 3.16. The van der Waals surface area contributed by atoms with Crippen LogP contribution in [0.3, 0.4) is 0 Å². The van der Waals surface area contributed by atoms with E-state index in [1.807, 2.05) is 17.5 Å². The molecule has 3 aromatic rings. The number of carbonyl (C=O) groups is 2. The predicted octanol–water partition coefficient (Wildman–Crippen LogP) is 4.00. The largest absolute Gasteiger partial charge is 0.465 e. The van der Waals surface area contributed by atoms with E-state index in [1.165, 1.54) is 30.6 Å². The Morgan fingerprint density at radius 1 is 1.18 bits per heavy atom. The van der Waals surface area contributed by atoms with Crippen molar-refractivity contribution in [2.24, 2.45) is 0 Å². The van der Waals surface area contributed by atoms with Crippen molar-refractivity contribution < 1.29 is 18.5 Å². The summed E-state index contributed by atoms with van der Waals surface area (Å²) in [6.07, 6.45) is 0. The Balaban J connectivity index is 1.67. The molecular formula is C19H15ClN2O4S2. The van der Waals surface area contributed by atoms with Gasteiger partial charge in [0.15, 0.2) is 5.13 Å². The highest BCUT2D eigenvalue weighted by atomic mass is 35.5. The monoisotopic (exact) mass is 434 g/mol. The number of thiazole rings is 1. The number of carbonyl (C=O) groups excluding carboxylic acids is 2. The van der Waals surface area contributed by atoms with Crippen molar-refractivity contribution in [3.8, 4) is 11.3 Å². The highest BCUT2D eigenvalue weighted by Gasteiger charge is 2.19. The fourth-order valence-electron chi connectivity index (χ4n) is 2.38. The van der Waals surface area contributed by atoms with Crippen LogP contribution < -0.4 is 5.32 Å². The fourth-order valence-corrected chi connectivity index (χ4v) is 4.33. The number of anilines is 1. The Morgan fingerprint density at radius 2 is 1.89 bits per heavy atom. The third-order valence-electron chi connectivity index (χ3n) is 3.69. The Bertz CT molecular complexity index is 1030. The van der Waals surface area contributed by atoms with E-state index in [9.17, 15) is 13.8 Å². The van der Waals surface area contributed by atoms with Crippen LogP contribution in [0.15, 0.2) is 58.8 Å². The number of hydrogen-bond donors (Lipinski definition) is 1. The summed E-state index contributed by atoms with van der Waals surface area (Å²) in [5.41, 5.74) is 1.75. The van der Waals surface area contributed by atoms with E-state index >= 15 is 0 Å². The molecule has 1 atom stereocenters. The lowest BCUT2D eigenvalue weighted by Gasteiger charge is -2.07.